The van der Waals surface area contributed by atoms with E-state index in [2.05, 4.69) is 16.0 Å². The lowest BCUT2D eigenvalue weighted by molar-refractivity contribution is -0.143. The molecule has 4 atom stereocenters. The minimum Gasteiger partial charge on any atom is -0.481 e. The van der Waals surface area contributed by atoms with Crippen molar-refractivity contribution in [1.29, 1.82) is 0 Å². The van der Waals surface area contributed by atoms with Crippen LogP contribution in [-0.4, -0.2) is 82.0 Å². The molecule has 0 aromatic heterocycles. The second-order valence-corrected chi connectivity index (χ2v) is 9.00. The van der Waals surface area contributed by atoms with Gasteiger partial charge >= 0.3 is 11.9 Å². The van der Waals surface area contributed by atoms with Gasteiger partial charge in [-0.25, -0.2) is 4.79 Å². The molecule has 14 heteroatoms. The quantitative estimate of drug-likeness (QED) is 0.119. The van der Waals surface area contributed by atoms with Crippen LogP contribution in [0.5, 0.6) is 0 Å². The lowest BCUT2D eigenvalue weighted by Gasteiger charge is -2.26. The van der Waals surface area contributed by atoms with Gasteiger partial charge in [0.25, 0.3) is 0 Å². The fraction of sp³-hybridized carbons (Fsp3) is 0.700. The Labute approximate surface area is 202 Å². The number of thioether (sulfide) groups is 1. The van der Waals surface area contributed by atoms with Crippen molar-refractivity contribution in [3.63, 3.8) is 0 Å². The number of hydrogen-bond acceptors (Lipinski definition) is 8. The van der Waals surface area contributed by atoms with E-state index < -0.39 is 72.1 Å². The first-order valence-electron chi connectivity index (χ1n) is 10.7. The van der Waals surface area contributed by atoms with Gasteiger partial charge in [-0.15, -0.1) is 0 Å². The highest BCUT2D eigenvalue weighted by Crippen LogP contribution is 2.08. The molecule has 194 valence electrons. The topological polar surface area (TPSA) is 231 Å². The second-order valence-electron chi connectivity index (χ2n) is 8.02. The summed E-state index contributed by atoms with van der Waals surface area (Å²) in [4.78, 5) is 71.3. The number of carbonyl (C=O) groups excluding carboxylic acids is 4. The number of nitrogens with two attached hydrogens (primary N) is 2. The van der Waals surface area contributed by atoms with Crippen LogP contribution in [0.3, 0.4) is 0 Å². The molecule has 0 rings (SSSR count). The molecule has 4 amide bonds. The van der Waals surface area contributed by atoms with Gasteiger partial charge in [-0.2, -0.15) is 11.8 Å². The van der Waals surface area contributed by atoms with Gasteiger partial charge in [-0.3, -0.25) is 24.0 Å². The third kappa shape index (κ3) is 12.4. The number of carboxylic acids is 2. The zero-order chi connectivity index (χ0) is 26.4. The molecule has 0 fully saturated rings. The summed E-state index contributed by atoms with van der Waals surface area (Å²) in [5.41, 5.74) is 10.9. The number of amides is 4. The molecule has 0 aliphatic heterocycles. The minimum absolute atomic E-state index is 0.283. The molecule has 0 aliphatic rings. The Bertz CT molecular complexity index is 748. The van der Waals surface area contributed by atoms with Gasteiger partial charge in [0.05, 0.1) is 6.04 Å². The Morgan fingerprint density at radius 1 is 0.824 bits per heavy atom. The summed E-state index contributed by atoms with van der Waals surface area (Å²) in [6.45, 7) is 3.32. The van der Waals surface area contributed by atoms with Gasteiger partial charge < -0.3 is 37.6 Å². The van der Waals surface area contributed by atoms with E-state index in [1.807, 2.05) is 6.26 Å². The number of primary amides is 1. The standard InChI is InChI=1S/C20H35N5O8S/c1-10(2)16(25-17(29)11(21)8-9-34-3)19(31)23-12(5-7-15(27)28)18(30)24-13(20(32)33)4-6-14(22)26/h10-13,16H,4-9,21H2,1-3H3,(H2,22,26)(H,23,31)(H,24,30)(H,25,29)(H,27,28)(H,32,33). The average Bonchev–Trinajstić information content (AvgIpc) is 2.74. The van der Waals surface area contributed by atoms with Crippen molar-refractivity contribution in [1.82, 2.24) is 16.0 Å². The summed E-state index contributed by atoms with van der Waals surface area (Å²) >= 11 is 1.51. The molecule has 0 radical (unpaired) electrons. The van der Waals surface area contributed by atoms with E-state index in [0.717, 1.165) is 0 Å². The fourth-order valence-electron chi connectivity index (χ4n) is 2.79. The maximum absolute atomic E-state index is 12.9. The van der Waals surface area contributed by atoms with Crippen LogP contribution in [0.2, 0.25) is 0 Å². The van der Waals surface area contributed by atoms with Crippen molar-refractivity contribution in [3.8, 4) is 0 Å². The normalized spacial score (nSPS) is 14.4. The molecule has 34 heavy (non-hydrogen) atoms. The van der Waals surface area contributed by atoms with Crippen molar-refractivity contribution >= 4 is 47.3 Å². The number of aliphatic carboxylic acids is 2. The van der Waals surface area contributed by atoms with Crippen molar-refractivity contribution in [2.45, 2.75) is 70.1 Å². The highest BCUT2D eigenvalue weighted by atomic mass is 32.2. The lowest BCUT2D eigenvalue weighted by Crippen LogP contribution is -2.58. The highest BCUT2D eigenvalue weighted by Gasteiger charge is 2.32. The van der Waals surface area contributed by atoms with Crippen molar-refractivity contribution in [2.24, 2.45) is 17.4 Å². The third-order valence-electron chi connectivity index (χ3n) is 4.79. The largest absolute Gasteiger partial charge is 0.481 e. The first kappa shape index (κ1) is 31.1. The Morgan fingerprint density at radius 3 is 1.85 bits per heavy atom. The van der Waals surface area contributed by atoms with E-state index in [9.17, 15) is 33.9 Å². The van der Waals surface area contributed by atoms with E-state index in [-0.39, 0.29) is 19.3 Å². The van der Waals surface area contributed by atoms with Crippen LogP contribution < -0.4 is 27.4 Å². The molecule has 4 unspecified atom stereocenters. The summed E-state index contributed by atoms with van der Waals surface area (Å²) < 4.78 is 0. The van der Waals surface area contributed by atoms with Crippen LogP contribution in [0.1, 0.15) is 46.0 Å². The first-order chi connectivity index (χ1) is 15.8. The Kier molecular flexibility index (Phi) is 14.5. The highest BCUT2D eigenvalue weighted by molar-refractivity contribution is 7.98. The first-order valence-corrected chi connectivity index (χ1v) is 12.1. The Hall–Kier alpha value is -2.87. The number of hydrogen-bond donors (Lipinski definition) is 7. The van der Waals surface area contributed by atoms with Crippen LogP contribution in [-0.2, 0) is 28.8 Å². The van der Waals surface area contributed by atoms with Crippen molar-refractivity contribution in [2.75, 3.05) is 12.0 Å². The van der Waals surface area contributed by atoms with Crippen molar-refractivity contribution < 1.29 is 39.0 Å². The van der Waals surface area contributed by atoms with E-state index in [1.165, 1.54) is 11.8 Å². The molecule has 0 saturated carbocycles. The summed E-state index contributed by atoms with van der Waals surface area (Å²) in [6, 6.07) is -4.78. The molecule has 0 aliphatic carbocycles. The summed E-state index contributed by atoms with van der Waals surface area (Å²) in [5.74, 6) is -5.43. The Morgan fingerprint density at radius 2 is 1.38 bits per heavy atom. The van der Waals surface area contributed by atoms with Gasteiger partial charge in [0.1, 0.15) is 18.1 Å². The van der Waals surface area contributed by atoms with Crippen LogP contribution in [0, 0.1) is 5.92 Å². The van der Waals surface area contributed by atoms with Gasteiger partial charge in [0, 0.05) is 12.8 Å². The summed E-state index contributed by atoms with van der Waals surface area (Å²) in [6.07, 6.45) is 0.845. The number of nitrogens with one attached hydrogen (secondary N) is 3. The predicted molar refractivity (Wildman–Crippen MR) is 125 cm³/mol. The number of carboxylic acid groups (broad SMARTS) is 2. The predicted octanol–water partition coefficient (Wildman–Crippen LogP) is -1.61. The molecular weight excluding hydrogens is 470 g/mol. The van der Waals surface area contributed by atoms with Crippen LogP contribution in [0.15, 0.2) is 0 Å². The molecule has 0 spiro atoms. The van der Waals surface area contributed by atoms with Gasteiger partial charge in [-0.05, 0) is 37.2 Å². The molecular formula is C20H35N5O8S. The number of rotatable bonds is 17. The fourth-order valence-corrected chi connectivity index (χ4v) is 3.28. The minimum atomic E-state index is -1.47. The summed E-state index contributed by atoms with van der Waals surface area (Å²) in [5, 5.41) is 25.4. The monoisotopic (exact) mass is 505 g/mol. The van der Waals surface area contributed by atoms with Gasteiger partial charge in [0.2, 0.25) is 23.6 Å². The maximum Gasteiger partial charge on any atom is 0.326 e. The zero-order valence-electron chi connectivity index (χ0n) is 19.5. The summed E-state index contributed by atoms with van der Waals surface area (Å²) in [7, 11) is 0. The molecule has 0 heterocycles. The molecule has 0 bridgehead atoms. The van der Waals surface area contributed by atoms with Crippen LogP contribution >= 0.6 is 11.8 Å². The van der Waals surface area contributed by atoms with E-state index in [1.54, 1.807) is 13.8 Å². The second kappa shape index (κ2) is 15.9. The Balaban J connectivity index is 5.47. The average molecular weight is 506 g/mol. The lowest BCUT2D eigenvalue weighted by atomic mass is 10.0. The van der Waals surface area contributed by atoms with Gasteiger partial charge in [0.15, 0.2) is 0 Å². The van der Waals surface area contributed by atoms with Crippen molar-refractivity contribution in [3.05, 3.63) is 0 Å². The smallest absolute Gasteiger partial charge is 0.326 e. The zero-order valence-corrected chi connectivity index (χ0v) is 20.4. The van der Waals surface area contributed by atoms with Crippen LogP contribution in [0.4, 0.5) is 0 Å². The molecule has 0 saturated heterocycles. The van der Waals surface area contributed by atoms with Gasteiger partial charge in [-0.1, -0.05) is 13.8 Å². The molecule has 0 aromatic rings. The maximum atomic E-state index is 12.9. The van der Waals surface area contributed by atoms with E-state index in [0.29, 0.717) is 12.2 Å². The van der Waals surface area contributed by atoms with Crippen LogP contribution in [0.25, 0.3) is 0 Å². The molecule has 13 nitrogen and oxygen atoms in total. The van der Waals surface area contributed by atoms with E-state index >= 15 is 0 Å². The van der Waals surface area contributed by atoms with E-state index in [4.69, 9.17) is 16.6 Å². The number of carbonyl (C=O) groups is 6. The third-order valence-corrected chi connectivity index (χ3v) is 5.43. The molecule has 9 N–H and O–H groups in total. The molecule has 0 aromatic carbocycles. The SMILES string of the molecule is CSCCC(N)C(=O)NC(C(=O)NC(CCC(=O)O)C(=O)NC(CCC(N)=O)C(=O)O)C(C)C.